The Morgan fingerprint density at radius 1 is 1.17 bits per heavy atom. The molecule has 2 aromatic carbocycles. The fourth-order valence-corrected chi connectivity index (χ4v) is 2.66. The van der Waals surface area contributed by atoms with E-state index in [-0.39, 0.29) is 6.04 Å². The van der Waals surface area contributed by atoms with Crippen LogP contribution in [0.1, 0.15) is 24.9 Å². The van der Waals surface area contributed by atoms with Crippen molar-refractivity contribution < 1.29 is 4.74 Å². The van der Waals surface area contributed by atoms with E-state index in [2.05, 4.69) is 34.3 Å². The van der Waals surface area contributed by atoms with Gasteiger partial charge in [-0.1, -0.05) is 18.2 Å². The van der Waals surface area contributed by atoms with Crippen LogP contribution in [0.25, 0.3) is 10.8 Å². The number of nitrogens with two attached hydrogens (primary N) is 2. The highest BCUT2D eigenvalue weighted by Gasteiger charge is 2.18. The molecule has 24 heavy (non-hydrogen) atoms. The third-order valence-electron chi connectivity index (χ3n) is 3.90. The smallest absolute Gasteiger partial charge is 0.119 e. The van der Waals surface area contributed by atoms with Crippen LogP contribution in [0.4, 0.5) is 0 Å². The van der Waals surface area contributed by atoms with Gasteiger partial charge in [0.2, 0.25) is 0 Å². The molecule has 0 aliphatic carbocycles. The molecule has 0 amide bonds. The topological polar surface area (TPSA) is 80.1 Å². The lowest BCUT2D eigenvalue weighted by atomic mass is 9.99. The number of amidine groups is 1. The molecule has 0 aliphatic heterocycles. The fraction of sp³-hybridized carbons (Fsp3) is 0.389. The summed E-state index contributed by atoms with van der Waals surface area (Å²) < 4.78 is 5.28. The van der Waals surface area contributed by atoms with Gasteiger partial charge in [0.25, 0.3) is 0 Å². The van der Waals surface area contributed by atoms with Gasteiger partial charge < -0.3 is 15.4 Å². The van der Waals surface area contributed by atoms with E-state index in [4.69, 9.17) is 16.3 Å². The molecule has 4 N–H and O–H groups in total. The normalized spacial score (nSPS) is 13.3. The zero-order valence-corrected chi connectivity index (χ0v) is 14.9. The Hall–Kier alpha value is -2.31. The maximum absolute atomic E-state index is 6.15. The van der Waals surface area contributed by atoms with Crippen LogP contribution in [0, 0.1) is 0 Å². The monoisotopic (exact) mass is 329 g/mol. The van der Waals surface area contributed by atoms with E-state index in [1.165, 1.54) is 5.12 Å². The standard InChI is InChI=1S/C18H27N5O/c1-13(19)21-23(20)18(9-10-22(2)3)16-6-5-15-12-17(24-4)8-7-14(15)11-16/h5-8,11-12,18H,9-10,20H2,1-4H3,(H2,19,21). The van der Waals surface area contributed by atoms with Crippen LogP contribution in [0.15, 0.2) is 41.5 Å². The summed E-state index contributed by atoms with van der Waals surface area (Å²) in [5, 5.41) is 7.94. The molecule has 0 spiro atoms. The molecule has 0 radical (unpaired) electrons. The summed E-state index contributed by atoms with van der Waals surface area (Å²) in [6.45, 7) is 2.63. The number of rotatable bonds is 7. The second-order valence-corrected chi connectivity index (χ2v) is 6.20. The van der Waals surface area contributed by atoms with Gasteiger partial charge in [0.05, 0.1) is 13.2 Å². The molecule has 0 bridgehead atoms. The lowest BCUT2D eigenvalue weighted by molar-refractivity contribution is 0.186. The maximum atomic E-state index is 6.15. The van der Waals surface area contributed by atoms with Gasteiger partial charge in [-0.05, 0) is 68.5 Å². The van der Waals surface area contributed by atoms with Crippen LogP contribution in [0.3, 0.4) is 0 Å². The lowest BCUT2D eigenvalue weighted by Crippen LogP contribution is -2.34. The Morgan fingerprint density at radius 2 is 1.83 bits per heavy atom. The molecule has 6 nitrogen and oxygen atoms in total. The minimum absolute atomic E-state index is 0.0441. The van der Waals surface area contributed by atoms with Crippen molar-refractivity contribution >= 4 is 16.6 Å². The number of hydrazone groups is 1. The number of ether oxygens (including phenoxy) is 1. The zero-order valence-electron chi connectivity index (χ0n) is 14.9. The van der Waals surface area contributed by atoms with E-state index < -0.39 is 0 Å². The van der Waals surface area contributed by atoms with Crippen molar-refractivity contribution in [3.8, 4) is 5.75 Å². The molecular formula is C18H27N5O. The van der Waals surface area contributed by atoms with Crippen molar-refractivity contribution in [2.45, 2.75) is 19.4 Å². The van der Waals surface area contributed by atoms with Crippen LogP contribution < -0.4 is 16.3 Å². The molecule has 2 aromatic rings. The van der Waals surface area contributed by atoms with Gasteiger partial charge >= 0.3 is 0 Å². The number of hydrazine groups is 1. The predicted octanol–water partition coefficient (Wildman–Crippen LogP) is 2.31. The Labute approximate surface area is 143 Å². The van der Waals surface area contributed by atoms with Crippen molar-refractivity contribution in [3.63, 3.8) is 0 Å². The van der Waals surface area contributed by atoms with Crippen molar-refractivity contribution in [1.82, 2.24) is 10.0 Å². The van der Waals surface area contributed by atoms with Gasteiger partial charge in [-0.2, -0.15) is 0 Å². The van der Waals surface area contributed by atoms with Crippen molar-refractivity contribution in [3.05, 3.63) is 42.0 Å². The molecule has 6 heteroatoms. The molecule has 1 unspecified atom stereocenters. The third-order valence-corrected chi connectivity index (χ3v) is 3.90. The molecule has 0 heterocycles. The molecule has 0 saturated carbocycles. The van der Waals surface area contributed by atoms with Crippen LogP contribution in [0.5, 0.6) is 5.75 Å². The number of hydrogen-bond donors (Lipinski definition) is 2. The molecule has 0 aliphatic rings. The van der Waals surface area contributed by atoms with Gasteiger partial charge in [-0.3, -0.25) is 0 Å². The third kappa shape index (κ3) is 4.59. The first-order valence-electron chi connectivity index (χ1n) is 7.97. The highest BCUT2D eigenvalue weighted by atomic mass is 16.5. The molecule has 2 rings (SSSR count). The first kappa shape index (κ1) is 18.0. The second kappa shape index (κ2) is 7.99. The van der Waals surface area contributed by atoms with E-state index in [1.54, 1.807) is 14.0 Å². The number of hydrogen-bond acceptors (Lipinski definition) is 5. The number of methoxy groups -OCH3 is 1. The van der Waals surface area contributed by atoms with Gasteiger partial charge in [0.15, 0.2) is 0 Å². The van der Waals surface area contributed by atoms with Crippen LogP contribution >= 0.6 is 0 Å². The van der Waals surface area contributed by atoms with Crippen LogP contribution in [-0.2, 0) is 0 Å². The van der Waals surface area contributed by atoms with E-state index in [0.29, 0.717) is 5.84 Å². The first-order chi connectivity index (χ1) is 11.4. The van der Waals surface area contributed by atoms with Crippen LogP contribution in [-0.4, -0.2) is 43.6 Å². The van der Waals surface area contributed by atoms with E-state index in [9.17, 15) is 0 Å². The quantitative estimate of drug-likeness (QED) is 0.353. The molecule has 0 fully saturated rings. The van der Waals surface area contributed by atoms with Crippen molar-refractivity contribution in [2.24, 2.45) is 16.7 Å². The van der Waals surface area contributed by atoms with E-state index >= 15 is 0 Å². The zero-order chi connectivity index (χ0) is 17.7. The number of nitrogens with zero attached hydrogens (tertiary/aromatic N) is 3. The van der Waals surface area contributed by atoms with E-state index in [0.717, 1.165) is 35.1 Å². The largest absolute Gasteiger partial charge is 0.497 e. The van der Waals surface area contributed by atoms with Gasteiger partial charge in [-0.15, -0.1) is 5.10 Å². The second-order valence-electron chi connectivity index (χ2n) is 6.20. The van der Waals surface area contributed by atoms with Crippen LogP contribution in [0.2, 0.25) is 0 Å². The van der Waals surface area contributed by atoms with Gasteiger partial charge in [0.1, 0.15) is 11.6 Å². The summed E-state index contributed by atoms with van der Waals surface area (Å²) in [5.41, 5.74) is 6.80. The molecule has 0 saturated heterocycles. The molecule has 1 atom stereocenters. The summed E-state index contributed by atoms with van der Waals surface area (Å²) in [6.07, 6.45) is 0.849. The summed E-state index contributed by atoms with van der Waals surface area (Å²) in [4.78, 5) is 2.13. The highest BCUT2D eigenvalue weighted by Crippen LogP contribution is 2.28. The number of fused-ring (bicyclic) bond motifs is 1. The average Bonchev–Trinajstić information content (AvgIpc) is 2.53. The Morgan fingerprint density at radius 3 is 2.46 bits per heavy atom. The predicted molar refractivity (Wildman–Crippen MR) is 99.7 cm³/mol. The fourth-order valence-electron chi connectivity index (χ4n) is 2.66. The number of benzene rings is 2. The summed E-state index contributed by atoms with van der Waals surface area (Å²) in [7, 11) is 5.76. The highest BCUT2D eigenvalue weighted by molar-refractivity contribution is 5.84. The Bertz CT molecular complexity index is 710. The minimum Gasteiger partial charge on any atom is -0.497 e. The Balaban J connectivity index is 2.36. The van der Waals surface area contributed by atoms with Gasteiger partial charge in [0, 0.05) is 0 Å². The lowest BCUT2D eigenvalue weighted by Gasteiger charge is -2.27. The molecule has 130 valence electrons. The molecule has 0 aromatic heterocycles. The average molecular weight is 329 g/mol. The summed E-state index contributed by atoms with van der Waals surface area (Å²) in [5.74, 6) is 7.45. The first-order valence-corrected chi connectivity index (χ1v) is 7.97. The summed E-state index contributed by atoms with van der Waals surface area (Å²) in [6, 6.07) is 12.3. The van der Waals surface area contributed by atoms with Crippen molar-refractivity contribution in [1.29, 1.82) is 0 Å². The van der Waals surface area contributed by atoms with E-state index in [1.807, 2.05) is 26.2 Å². The minimum atomic E-state index is -0.0441. The summed E-state index contributed by atoms with van der Waals surface area (Å²) >= 11 is 0. The SMILES string of the molecule is COc1ccc2cc(C(CCN(C)C)N(N)/N=C(/C)N)ccc2c1. The van der Waals surface area contributed by atoms with Crippen molar-refractivity contribution in [2.75, 3.05) is 27.7 Å². The maximum Gasteiger partial charge on any atom is 0.119 e. The molecular weight excluding hydrogens is 302 g/mol. The van der Waals surface area contributed by atoms with Gasteiger partial charge in [-0.25, -0.2) is 11.0 Å². The Kier molecular flexibility index (Phi) is 6.00.